The summed E-state index contributed by atoms with van der Waals surface area (Å²) in [6, 6.07) is 19.3. The number of para-hydroxylation sites is 1. The minimum Gasteiger partial charge on any atom is -0.315 e. The summed E-state index contributed by atoms with van der Waals surface area (Å²) >= 11 is 0. The molecule has 4 heteroatoms. The van der Waals surface area contributed by atoms with Gasteiger partial charge >= 0.3 is 5.68 Å². The Morgan fingerprint density at radius 1 is 0.889 bits per heavy atom. The average Bonchev–Trinajstić information content (AvgIpc) is 2.83. The molecule has 3 aromatic rings. The lowest BCUT2D eigenvalue weighted by Crippen LogP contribution is -2.13. The Kier molecular flexibility index (Phi) is 2.53. The van der Waals surface area contributed by atoms with Crippen LogP contribution >= 0.6 is 0 Å². The Morgan fingerprint density at radius 2 is 1.50 bits per heavy atom. The van der Waals surface area contributed by atoms with Crippen molar-refractivity contribution in [3.05, 3.63) is 66.3 Å². The number of aromatic nitrogens is 2. The molecular weight excluding hydrogens is 226 g/mol. The molecule has 0 saturated heterocycles. The van der Waals surface area contributed by atoms with Gasteiger partial charge in [-0.2, -0.15) is 0 Å². The Morgan fingerprint density at radius 3 is 2.17 bits per heavy atom. The summed E-state index contributed by atoms with van der Waals surface area (Å²) in [5, 5.41) is 11.8. The van der Waals surface area contributed by atoms with Gasteiger partial charge in [0.1, 0.15) is 0 Å². The van der Waals surface area contributed by atoms with E-state index in [0.29, 0.717) is 5.82 Å². The minimum absolute atomic E-state index is 0.0139. The molecule has 2 aromatic carbocycles. The van der Waals surface area contributed by atoms with Crippen LogP contribution in [0.4, 0.5) is 0 Å². The molecule has 0 atom stereocenters. The summed E-state index contributed by atoms with van der Waals surface area (Å²) < 4.78 is 6.66. The van der Waals surface area contributed by atoms with E-state index >= 15 is 0 Å². The maximum absolute atomic E-state index is 7.81. The predicted molar refractivity (Wildman–Crippen MR) is 67.1 cm³/mol. The maximum Gasteiger partial charge on any atom is 0.325 e. The Balaban J connectivity index is 2.23. The maximum atomic E-state index is 7.81. The molecule has 0 aliphatic heterocycles. The van der Waals surface area contributed by atoms with E-state index in [1.54, 1.807) is 4.57 Å². The van der Waals surface area contributed by atoms with Crippen molar-refractivity contribution < 1.29 is 4.52 Å². The highest BCUT2D eigenvalue weighted by Gasteiger charge is 2.11. The largest absolute Gasteiger partial charge is 0.325 e. The van der Waals surface area contributed by atoms with Gasteiger partial charge in [0.15, 0.2) is 5.82 Å². The first-order chi connectivity index (χ1) is 8.86. The Bertz CT molecular complexity index is 699. The molecule has 1 aromatic heterocycles. The summed E-state index contributed by atoms with van der Waals surface area (Å²) in [5.74, 6) is 0.631. The number of nitrogens with one attached hydrogen (secondary N) is 1. The second-order valence-corrected chi connectivity index (χ2v) is 3.85. The smallest absolute Gasteiger partial charge is 0.315 e. The van der Waals surface area contributed by atoms with Gasteiger partial charge in [-0.15, -0.1) is 0 Å². The number of hydrogen-bond donors (Lipinski definition) is 1. The van der Waals surface area contributed by atoms with Gasteiger partial charge in [-0.05, 0) is 12.1 Å². The Hall–Kier alpha value is -2.62. The normalized spacial score (nSPS) is 10.4. The molecule has 0 aliphatic rings. The lowest BCUT2D eigenvalue weighted by Gasteiger charge is -2.04. The number of nitrogens with zero attached hydrogens (tertiary/aromatic N) is 2. The molecule has 0 fully saturated rings. The highest BCUT2D eigenvalue weighted by Crippen LogP contribution is 2.18. The van der Waals surface area contributed by atoms with Crippen LogP contribution in [0.3, 0.4) is 0 Å². The zero-order valence-corrected chi connectivity index (χ0v) is 9.58. The third kappa shape index (κ3) is 1.73. The van der Waals surface area contributed by atoms with E-state index in [1.165, 1.54) is 0 Å². The van der Waals surface area contributed by atoms with Gasteiger partial charge in [0, 0.05) is 5.56 Å². The van der Waals surface area contributed by atoms with E-state index in [4.69, 9.17) is 9.93 Å². The fourth-order valence-corrected chi connectivity index (χ4v) is 1.85. The van der Waals surface area contributed by atoms with Crippen LogP contribution in [-0.4, -0.2) is 9.72 Å². The standard InChI is InChI=1S/C14H11N3O/c15-14-17(12-9-5-2-6-10-12)13(16-18-14)11-7-3-1-4-8-11/h1-10,15H. The van der Waals surface area contributed by atoms with E-state index in [1.807, 2.05) is 60.7 Å². The first-order valence-corrected chi connectivity index (χ1v) is 5.60. The zero-order chi connectivity index (χ0) is 12.4. The summed E-state index contributed by atoms with van der Waals surface area (Å²) in [7, 11) is 0. The van der Waals surface area contributed by atoms with Gasteiger partial charge in [0.2, 0.25) is 0 Å². The summed E-state index contributed by atoms with van der Waals surface area (Å²) in [5.41, 5.74) is 1.80. The van der Waals surface area contributed by atoms with E-state index in [9.17, 15) is 0 Å². The fraction of sp³-hybridized carbons (Fsp3) is 0. The predicted octanol–water partition coefficient (Wildman–Crippen LogP) is 2.61. The second-order valence-electron chi connectivity index (χ2n) is 3.85. The van der Waals surface area contributed by atoms with Crippen LogP contribution in [0.25, 0.3) is 17.1 Å². The molecule has 0 spiro atoms. The van der Waals surface area contributed by atoms with Crippen molar-refractivity contribution in [1.29, 1.82) is 5.41 Å². The molecule has 0 bridgehead atoms. The van der Waals surface area contributed by atoms with E-state index in [2.05, 4.69) is 5.16 Å². The SMILES string of the molecule is N=c1onc(-c2ccccc2)n1-c1ccccc1. The molecule has 88 valence electrons. The van der Waals surface area contributed by atoms with Crippen LogP contribution in [0.1, 0.15) is 0 Å². The molecule has 0 radical (unpaired) electrons. The van der Waals surface area contributed by atoms with Crippen molar-refractivity contribution >= 4 is 0 Å². The third-order valence-electron chi connectivity index (χ3n) is 2.68. The number of hydrogen-bond acceptors (Lipinski definition) is 3. The molecule has 0 aliphatic carbocycles. The molecule has 1 N–H and O–H groups in total. The zero-order valence-electron chi connectivity index (χ0n) is 9.58. The van der Waals surface area contributed by atoms with Gasteiger partial charge in [0.25, 0.3) is 0 Å². The van der Waals surface area contributed by atoms with Crippen LogP contribution in [-0.2, 0) is 0 Å². The van der Waals surface area contributed by atoms with E-state index in [-0.39, 0.29) is 5.68 Å². The molecule has 0 unspecified atom stereocenters. The van der Waals surface area contributed by atoms with Crippen molar-refractivity contribution in [3.63, 3.8) is 0 Å². The Labute approximate surface area is 104 Å². The van der Waals surface area contributed by atoms with Gasteiger partial charge < -0.3 is 4.52 Å². The highest BCUT2D eigenvalue weighted by molar-refractivity contribution is 5.57. The first-order valence-electron chi connectivity index (χ1n) is 5.60. The lowest BCUT2D eigenvalue weighted by atomic mass is 10.2. The van der Waals surface area contributed by atoms with Crippen LogP contribution in [0.2, 0.25) is 0 Å². The van der Waals surface area contributed by atoms with Crippen molar-refractivity contribution in [2.75, 3.05) is 0 Å². The third-order valence-corrected chi connectivity index (χ3v) is 2.68. The summed E-state index contributed by atoms with van der Waals surface area (Å²) in [6.45, 7) is 0. The van der Waals surface area contributed by atoms with Gasteiger partial charge in [-0.25, -0.2) is 9.98 Å². The van der Waals surface area contributed by atoms with Crippen LogP contribution in [0, 0.1) is 5.41 Å². The topological polar surface area (TPSA) is 54.8 Å². The average molecular weight is 237 g/mol. The molecule has 0 saturated carbocycles. The van der Waals surface area contributed by atoms with Crippen molar-refractivity contribution in [3.8, 4) is 17.1 Å². The molecular formula is C14H11N3O. The summed E-state index contributed by atoms with van der Waals surface area (Å²) in [4.78, 5) is 0. The highest BCUT2D eigenvalue weighted by atomic mass is 16.5. The summed E-state index contributed by atoms with van der Waals surface area (Å²) in [6.07, 6.45) is 0. The van der Waals surface area contributed by atoms with Crippen LogP contribution in [0.15, 0.2) is 65.2 Å². The van der Waals surface area contributed by atoms with Gasteiger partial charge in [-0.3, -0.25) is 0 Å². The van der Waals surface area contributed by atoms with Crippen molar-refractivity contribution in [2.24, 2.45) is 0 Å². The van der Waals surface area contributed by atoms with E-state index in [0.717, 1.165) is 11.3 Å². The van der Waals surface area contributed by atoms with Crippen molar-refractivity contribution in [1.82, 2.24) is 9.72 Å². The van der Waals surface area contributed by atoms with Gasteiger partial charge in [-0.1, -0.05) is 53.7 Å². The minimum atomic E-state index is 0.0139. The number of benzene rings is 2. The molecule has 1 heterocycles. The quantitative estimate of drug-likeness (QED) is 0.744. The molecule has 18 heavy (non-hydrogen) atoms. The fourth-order valence-electron chi connectivity index (χ4n) is 1.85. The monoisotopic (exact) mass is 237 g/mol. The van der Waals surface area contributed by atoms with E-state index < -0.39 is 0 Å². The lowest BCUT2D eigenvalue weighted by molar-refractivity contribution is 0.365. The first kappa shape index (κ1) is 10.5. The van der Waals surface area contributed by atoms with Crippen molar-refractivity contribution in [2.45, 2.75) is 0 Å². The molecule has 0 amide bonds. The van der Waals surface area contributed by atoms with Crippen LogP contribution < -0.4 is 5.68 Å². The van der Waals surface area contributed by atoms with Crippen LogP contribution in [0.5, 0.6) is 0 Å². The molecule has 4 nitrogen and oxygen atoms in total. The molecule has 3 rings (SSSR count). The second kappa shape index (κ2) is 4.33. The number of rotatable bonds is 2. The van der Waals surface area contributed by atoms with Gasteiger partial charge in [0.05, 0.1) is 5.69 Å².